The lowest BCUT2D eigenvalue weighted by Gasteiger charge is -2.18. The number of hydrogen-bond acceptors (Lipinski definition) is 4. The molecule has 0 fully saturated rings. The van der Waals surface area contributed by atoms with Crippen molar-refractivity contribution in [1.29, 1.82) is 0 Å². The van der Waals surface area contributed by atoms with E-state index in [2.05, 4.69) is 15.6 Å². The Hall–Kier alpha value is -3.78. The van der Waals surface area contributed by atoms with Gasteiger partial charge >= 0.3 is 0 Å². The molecule has 0 spiro atoms. The van der Waals surface area contributed by atoms with Crippen LogP contribution < -0.4 is 10.6 Å². The number of anilines is 1. The maximum atomic E-state index is 13.4. The van der Waals surface area contributed by atoms with Gasteiger partial charge < -0.3 is 15.2 Å². The molecule has 0 saturated heterocycles. The number of amides is 2. The summed E-state index contributed by atoms with van der Waals surface area (Å²) in [5.41, 5.74) is 1.75. The van der Waals surface area contributed by atoms with Crippen molar-refractivity contribution < 1.29 is 14.0 Å². The van der Waals surface area contributed by atoms with E-state index in [0.717, 1.165) is 10.4 Å². The Morgan fingerprint density at radius 1 is 1.09 bits per heavy atom. The van der Waals surface area contributed by atoms with E-state index in [1.165, 1.54) is 23.5 Å². The van der Waals surface area contributed by atoms with Crippen LogP contribution in [0.1, 0.15) is 33.3 Å². The Morgan fingerprint density at radius 2 is 1.94 bits per heavy atom. The van der Waals surface area contributed by atoms with Gasteiger partial charge in [-0.05, 0) is 47.3 Å². The minimum Gasteiger partial charge on any atom is -0.340 e. The van der Waals surface area contributed by atoms with E-state index in [1.54, 1.807) is 55.1 Å². The number of imidazole rings is 1. The lowest BCUT2D eigenvalue weighted by atomic mass is 10.0. The summed E-state index contributed by atoms with van der Waals surface area (Å²) in [6.45, 7) is 0.520. The molecule has 6 nitrogen and oxygen atoms in total. The van der Waals surface area contributed by atoms with Crippen LogP contribution in [0, 0.1) is 5.82 Å². The SMILES string of the molecule is O=C(CCn1ccnc1)Nc1cccc(C(=O)N[C@H](c2ccc(F)cc2)c2cccs2)c1. The van der Waals surface area contributed by atoms with Gasteiger partial charge in [0.1, 0.15) is 5.82 Å². The fourth-order valence-electron chi connectivity index (χ4n) is 3.26. The second-order valence-electron chi connectivity index (χ2n) is 7.15. The number of rotatable bonds is 8. The van der Waals surface area contributed by atoms with Crippen molar-refractivity contribution in [2.45, 2.75) is 19.0 Å². The Labute approximate surface area is 188 Å². The molecule has 0 bridgehead atoms. The fourth-order valence-corrected chi connectivity index (χ4v) is 4.06. The van der Waals surface area contributed by atoms with Crippen LogP contribution in [0.2, 0.25) is 0 Å². The van der Waals surface area contributed by atoms with Crippen LogP contribution in [-0.2, 0) is 11.3 Å². The number of carbonyl (C=O) groups excluding carboxylic acids is 2. The van der Waals surface area contributed by atoms with Crippen LogP contribution >= 0.6 is 11.3 Å². The largest absolute Gasteiger partial charge is 0.340 e. The Morgan fingerprint density at radius 3 is 2.66 bits per heavy atom. The van der Waals surface area contributed by atoms with Gasteiger partial charge in [-0.2, -0.15) is 0 Å². The topological polar surface area (TPSA) is 76.0 Å². The predicted molar refractivity (Wildman–Crippen MR) is 122 cm³/mol. The first kappa shape index (κ1) is 21.5. The molecule has 0 saturated carbocycles. The minimum absolute atomic E-state index is 0.154. The van der Waals surface area contributed by atoms with Gasteiger partial charge in [-0.25, -0.2) is 9.37 Å². The number of nitrogens with zero attached hydrogens (tertiary/aromatic N) is 2. The molecule has 1 atom stereocenters. The molecule has 0 unspecified atom stereocenters. The van der Waals surface area contributed by atoms with Crippen LogP contribution in [-0.4, -0.2) is 21.4 Å². The summed E-state index contributed by atoms with van der Waals surface area (Å²) in [4.78, 5) is 30.2. The van der Waals surface area contributed by atoms with Crippen molar-refractivity contribution in [2.75, 3.05) is 5.32 Å². The number of aromatic nitrogens is 2. The maximum Gasteiger partial charge on any atom is 0.252 e. The highest BCUT2D eigenvalue weighted by atomic mass is 32.1. The molecule has 0 aliphatic heterocycles. The van der Waals surface area contributed by atoms with Crippen molar-refractivity contribution in [3.05, 3.63) is 107 Å². The van der Waals surface area contributed by atoms with Crippen molar-refractivity contribution in [3.63, 3.8) is 0 Å². The van der Waals surface area contributed by atoms with E-state index in [4.69, 9.17) is 0 Å². The van der Waals surface area contributed by atoms with E-state index < -0.39 is 6.04 Å². The van der Waals surface area contributed by atoms with Gasteiger partial charge in [0.15, 0.2) is 0 Å². The molecule has 2 aromatic heterocycles. The van der Waals surface area contributed by atoms with Crippen LogP contribution in [0.15, 0.2) is 84.8 Å². The molecule has 2 heterocycles. The standard InChI is InChI=1S/C24H21FN4O2S/c25-19-8-6-17(7-9-19)23(21-5-2-14-32-21)28-24(31)18-3-1-4-20(15-18)27-22(30)10-12-29-13-11-26-16-29/h1-9,11,13-16,23H,10,12H2,(H,27,30)(H,28,31)/t23-/m1/s1. The fraction of sp³-hybridized carbons (Fsp3) is 0.125. The molecule has 2 amide bonds. The summed E-state index contributed by atoms with van der Waals surface area (Å²) in [5.74, 6) is -0.775. The van der Waals surface area contributed by atoms with E-state index in [0.29, 0.717) is 17.8 Å². The monoisotopic (exact) mass is 448 g/mol. The van der Waals surface area contributed by atoms with Gasteiger partial charge in [-0.1, -0.05) is 24.3 Å². The van der Waals surface area contributed by atoms with Crippen molar-refractivity contribution in [3.8, 4) is 0 Å². The number of carbonyl (C=O) groups is 2. The van der Waals surface area contributed by atoms with Gasteiger partial charge in [-0.15, -0.1) is 11.3 Å². The molecule has 2 N–H and O–H groups in total. The number of thiophene rings is 1. The lowest BCUT2D eigenvalue weighted by Crippen LogP contribution is -2.29. The van der Waals surface area contributed by atoms with E-state index in [1.807, 2.05) is 22.1 Å². The minimum atomic E-state index is -0.406. The second kappa shape index (κ2) is 10.0. The number of nitrogens with one attached hydrogen (secondary N) is 2. The summed E-state index contributed by atoms with van der Waals surface area (Å²) in [5, 5.41) is 7.78. The first-order valence-corrected chi connectivity index (χ1v) is 10.9. The van der Waals surface area contributed by atoms with Crippen LogP contribution in [0.4, 0.5) is 10.1 Å². The Bertz CT molecular complexity index is 1180. The van der Waals surface area contributed by atoms with E-state index >= 15 is 0 Å². The lowest BCUT2D eigenvalue weighted by molar-refractivity contribution is -0.116. The van der Waals surface area contributed by atoms with Gasteiger partial charge in [0, 0.05) is 41.5 Å². The quantitative estimate of drug-likeness (QED) is 0.413. The molecular formula is C24H21FN4O2S. The Kier molecular flexibility index (Phi) is 6.72. The molecule has 8 heteroatoms. The normalized spacial score (nSPS) is 11.7. The zero-order valence-corrected chi connectivity index (χ0v) is 17.9. The van der Waals surface area contributed by atoms with Gasteiger partial charge in [0.25, 0.3) is 5.91 Å². The zero-order valence-electron chi connectivity index (χ0n) is 17.1. The van der Waals surface area contributed by atoms with Crippen molar-refractivity contribution in [1.82, 2.24) is 14.9 Å². The van der Waals surface area contributed by atoms with Crippen molar-refractivity contribution >= 4 is 28.8 Å². The van der Waals surface area contributed by atoms with Gasteiger partial charge in [-0.3, -0.25) is 9.59 Å². The summed E-state index contributed by atoms with van der Waals surface area (Å²) in [6, 6.07) is 16.3. The summed E-state index contributed by atoms with van der Waals surface area (Å²) >= 11 is 1.51. The van der Waals surface area contributed by atoms with Crippen LogP contribution in [0.25, 0.3) is 0 Å². The van der Waals surface area contributed by atoms with E-state index in [-0.39, 0.29) is 24.1 Å². The molecule has 4 aromatic rings. The molecule has 162 valence electrons. The van der Waals surface area contributed by atoms with Crippen LogP contribution in [0.5, 0.6) is 0 Å². The highest BCUT2D eigenvalue weighted by Crippen LogP contribution is 2.27. The summed E-state index contributed by atoms with van der Waals surface area (Å²) in [6.07, 6.45) is 5.40. The smallest absolute Gasteiger partial charge is 0.252 e. The second-order valence-corrected chi connectivity index (χ2v) is 8.13. The first-order chi connectivity index (χ1) is 15.6. The third-order valence-corrected chi connectivity index (χ3v) is 5.81. The Balaban J connectivity index is 1.45. The third-order valence-electron chi connectivity index (χ3n) is 4.87. The third kappa shape index (κ3) is 5.47. The molecule has 0 aliphatic rings. The summed E-state index contributed by atoms with van der Waals surface area (Å²) < 4.78 is 15.2. The molecule has 32 heavy (non-hydrogen) atoms. The average molecular weight is 449 g/mol. The van der Waals surface area contributed by atoms with Gasteiger partial charge in [0.05, 0.1) is 12.4 Å². The number of hydrogen-bond donors (Lipinski definition) is 2. The summed E-state index contributed by atoms with van der Waals surface area (Å²) in [7, 11) is 0. The molecule has 4 rings (SSSR count). The molecule has 0 radical (unpaired) electrons. The highest BCUT2D eigenvalue weighted by Gasteiger charge is 2.19. The number of aryl methyl sites for hydroxylation is 1. The maximum absolute atomic E-state index is 13.4. The first-order valence-electron chi connectivity index (χ1n) is 10.0. The van der Waals surface area contributed by atoms with E-state index in [9.17, 15) is 14.0 Å². The molecule has 0 aliphatic carbocycles. The number of halogens is 1. The average Bonchev–Trinajstić information content (AvgIpc) is 3.51. The highest BCUT2D eigenvalue weighted by molar-refractivity contribution is 7.10. The van der Waals surface area contributed by atoms with Crippen LogP contribution in [0.3, 0.4) is 0 Å². The molecule has 2 aromatic carbocycles. The van der Waals surface area contributed by atoms with Crippen molar-refractivity contribution in [2.24, 2.45) is 0 Å². The van der Waals surface area contributed by atoms with Gasteiger partial charge in [0.2, 0.25) is 5.91 Å². The number of benzene rings is 2. The zero-order chi connectivity index (χ0) is 22.3. The molecular weight excluding hydrogens is 427 g/mol. The predicted octanol–water partition coefficient (Wildman–Crippen LogP) is 4.63.